The molecule has 8 aromatic carbocycles. The van der Waals surface area contributed by atoms with E-state index in [2.05, 4.69) is 181 Å². The first-order valence-electron chi connectivity index (χ1n) is 16.4. The monoisotopic (exact) mass is 613 g/mol. The number of benzene rings is 8. The van der Waals surface area contributed by atoms with E-state index in [0.29, 0.717) is 0 Å². The first kappa shape index (κ1) is 27.9. The molecule has 0 aliphatic carbocycles. The topological polar surface area (TPSA) is 16.4 Å². The number of fused-ring (bicyclic) bond motifs is 4. The lowest BCUT2D eigenvalue weighted by molar-refractivity contribution is 0.669. The number of nitrogens with zero attached hydrogens (tertiary/aromatic N) is 1. The van der Waals surface area contributed by atoms with Crippen LogP contribution in [0.2, 0.25) is 0 Å². The Morgan fingerprint density at radius 2 is 0.917 bits per heavy atom. The molecule has 0 aliphatic rings. The fraction of sp³-hybridized carbons (Fsp3) is 0. The second-order valence-electron chi connectivity index (χ2n) is 12.1. The van der Waals surface area contributed by atoms with Gasteiger partial charge in [-0.25, -0.2) is 0 Å². The fourth-order valence-electron chi connectivity index (χ4n) is 6.99. The number of hydrogen-bond acceptors (Lipinski definition) is 2. The van der Waals surface area contributed by atoms with Crippen LogP contribution >= 0.6 is 0 Å². The zero-order chi connectivity index (χ0) is 31.9. The highest BCUT2D eigenvalue weighted by molar-refractivity contribution is 6.11. The second kappa shape index (κ2) is 11.8. The van der Waals surface area contributed by atoms with Crippen molar-refractivity contribution in [2.24, 2.45) is 0 Å². The Balaban J connectivity index is 1.25. The molecule has 0 radical (unpaired) electrons. The summed E-state index contributed by atoms with van der Waals surface area (Å²) in [5.41, 5.74) is 12.0. The highest BCUT2D eigenvalue weighted by Crippen LogP contribution is 2.46. The number of anilines is 3. The lowest BCUT2D eigenvalue weighted by Gasteiger charge is -2.28. The summed E-state index contributed by atoms with van der Waals surface area (Å²) in [6, 6.07) is 66.9. The van der Waals surface area contributed by atoms with Crippen molar-refractivity contribution < 1.29 is 4.42 Å². The molecule has 0 unspecified atom stereocenters. The molecular formula is C46H31NO. The molecule has 226 valence electrons. The van der Waals surface area contributed by atoms with Gasteiger partial charge in [0.2, 0.25) is 0 Å². The van der Waals surface area contributed by atoms with Crippen LogP contribution < -0.4 is 4.90 Å². The predicted molar refractivity (Wildman–Crippen MR) is 202 cm³/mol. The van der Waals surface area contributed by atoms with E-state index in [0.717, 1.165) is 50.1 Å². The van der Waals surface area contributed by atoms with Gasteiger partial charge >= 0.3 is 0 Å². The summed E-state index contributed by atoms with van der Waals surface area (Å²) in [4.78, 5) is 2.35. The van der Waals surface area contributed by atoms with Crippen molar-refractivity contribution >= 4 is 49.8 Å². The van der Waals surface area contributed by atoms with E-state index in [9.17, 15) is 0 Å². The maximum atomic E-state index is 6.62. The molecule has 48 heavy (non-hydrogen) atoms. The van der Waals surface area contributed by atoms with E-state index < -0.39 is 0 Å². The van der Waals surface area contributed by atoms with Gasteiger partial charge in [0.05, 0.1) is 11.4 Å². The molecule has 2 nitrogen and oxygen atoms in total. The van der Waals surface area contributed by atoms with Crippen LogP contribution in [0.5, 0.6) is 0 Å². The van der Waals surface area contributed by atoms with Crippen molar-refractivity contribution in [3.63, 3.8) is 0 Å². The lowest BCUT2D eigenvalue weighted by Crippen LogP contribution is -2.11. The van der Waals surface area contributed by atoms with Gasteiger partial charge in [-0.05, 0) is 75.0 Å². The summed E-state index contributed by atoms with van der Waals surface area (Å²) in [5.74, 6) is 0. The van der Waals surface area contributed by atoms with Crippen molar-refractivity contribution in [1.29, 1.82) is 0 Å². The summed E-state index contributed by atoms with van der Waals surface area (Å²) in [7, 11) is 0. The molecule has 0 saturated carbocycles. The molecule has 2 heteroatoms. The molecule has 0 atom stereocenters. The molecule has 9 rings (SSSR count). The zero-order valence-corrected chi connectivity index (χ0v) is 26.3. The quantitative estimate of drug-likeness (QED) is 0.185. The first-order chi connectivity index (χ1) is 23.8. The molecule has 0 bridgehead atoms. The van der Waals surface area contributed by atoms with E-state index in [4.69, 9.17) is 4.42 Å². The van der Waals surface area contributed by atoms with Crippen LogP contribution in [0.3, 0.4) is 0 Å². The van der Waals surface area contributed by atoms with Crippen LogP contribution in [-0.2, 0) is 0 Å². The van der Waals surface area contributed by atoms with Crippen molar-refractivity contribution in [2.75, 3.05) is 4.90 Å². The van der Waals surface area contributed by atoms with Crippen LogP contribution in [0.4, 0.5) is 17.1 Å². The lowest BCUT2D eigenvalue weighted by atomic mass is 9.94. The minimum Gasteiger partial charge on any atom is -0.454 e. The third-order valence-corrected chi connectivity index (χ3v) is 9.28. The fourth-order valence-corrected chi connectivity index (χ4v) is 6.99. The molecule has 0 aliphatic heterocycles. The molecule has 1 aromatic heterocycles. The largest absolute Gasteiger partial charge is 0.454 e. The smallest absolute Gasteiger partial charge is 0.159 e. The highest BCUT2D eigenvalue weighted by atomic mass is 16.3. The molecule has 1 heterocycles. The first-order valence-corrected chi connectivity index (χ1v) is 16.4. The van der Waals surface area contributed by atoms with E-state index in [1.807, 2.05) is 12.1 Å². The van der Waals surface area contributed by atoms with Crippen molar-refractivity contribution in [3.05, 3.63) is 188 Å². The molecule has 0 amide bonds. The third-order valence-electron chi connectivity index (χ3n) is 9.28. The van der Waals surface area contributed by atoms with Crippen molar-refractivity contribution in [3.8, 4) is 33.4 Å². The predicted octanol–water partition coefficient (Wildman–Crippen LogP) is 13.2. The van der Waals surface area contributed by atoms with Gasteiger partial charge in [-0.3, -0.25) is 0 Å². The van der Waals surface area contributed by atoms with Gasteiger partial charge < -0.3 is 9.32 Å². The average Bonchev–Trinajstić information content (AvgIpc) is 3.55. The van der Waals surface area contributed by atoms with Gasteiger partial charge in [0.1, 0.15) is 5.58 Å². The summed E-state index contributed by atoms with van der Waals surface area (Å²) >= 11 is 0. The SMILES string of the molecule is c1ccc(-c2ccc(N(c3ccccc3-c3cccc(-c4cccc5ccccc45)c3)c3cccc4c3oc3ccccc34)cc2)cc1. The Kier molecular flexibility index (Phi) is 6.84. The zero-order valence-electron chi connectivity index (χ0n) is 26.3. The molecule has 9 aromatic rings. The van der Waals surface area contributed by atoms with Gasteiger partial charge in [-0.15, -0.1) is 0 Å². The van der Waals surface area contributed by atoms with Crippen molar-refractivity contribution in [1.82, 2.24) is 0 Å². The highest BCUT2D eigenvalue weighted by Gasteiger charge is 2.22. The van der Waals surface area contributed by atoms with E-state index >= 15 is 0 Å². The van der Waals surface area contributed by atoms with Crippen LogP contribution in [0.25, 0.3) is 66.1 Å². The minimum atomic E-state index is 0.866. The maximum absolute atomic E-state index is 6.62. The Morgan fingerprint density at radius 1 is 0.354 bits per heavy atom. The summed E-state index contributed by atoms with van der Waals surface area (Å²) in [6.45, 7) is 0. The van der Waals surface area contributed by atoms with Crippen LogP contribution in [0.1, 0.15) is 0 Å². The second-order valence-corrected chi connectivity index (χ2v) is 12.1. The third kappa shape index (κ3) is 4.83. The minimum absolute atomic E-state index is 0.866. The van der Waals surface area contributed by atoms with Gasteiger partial charge in [-0.1, -0.05) is 152 Å². The number of para-hydroxylation sites is 3. The Labute approximate surface area is 279 Å². The Morgan fingerprint density at radius 3 is 1.79 bits per heavy atom. The molecule has 0 spiro atoms. The average molecular weight is 614 g/mol. The molecular weight excluding hydrogens is 583 g/mol. The summed E-state index contributed by atoms with van der Waals surface area (Å²) < 4.78 is 6.62. The summed E-state index contributed by atoms with van der Waals surface area (Å²) in [5, 5.41) is 4.71. The van der Waals surface area contributed by atoms with Crippen LogP contribution in [-0.4, -0.2) is 0 Å². The summed E-state index contributed by atoms with van der Waals surface area (Å²) in [6.07, 6.45) is 0. The number of furan rings is 1. The van der Waals surface area contributed by atoms with Crippen LogP contribution in [0.15, 0.2) is 192 Å². The van der Waals surface area contributed by atoms with Gasteiger partial charge in [-0.2, -0.15) is 0 Å². The molecule has 0 fully saturated rings. The Bertz CT molecular complexity index is 2560. The van der Waals surface area contributed by atoms with Gasteiger partial charge in [0, 0.05) is 22.0 Å². The number of rotatable bonds is 6. The maximum Gasteiger partial charge on any atom is 0.159 e. The van der Waals surface area contributed by atoms with E-state index in [-0.39, 0.29) is 0 Å². The standard InChI is InChI=1S/C46H31NO/c1-2-13-32(14-3-1)33-27-29-37(30-28-33)47(44-25-12-23-42-41-21-7-9-26-45(41)48-46(42)44)43-24-8-6-20-40(43)36-18-10-17-35(31-36)39-22-11-16-34-15-4-5-19-38(34)39/h1-31H. The normalized spacial score (nSPS) is 11.3. The Hall–Kier alpha value is -6.38. The van der Waals surface area contributed by atoms with E-state index in [1.165, 1.54) is 33.0 Å². The molecule has 0 saturated heterocycles. The van der Waals surface area contributed by atoms with Crippen molar-refractivity contribution in [2.45, 2.75) is 0 Å². The molecule has 0 N–H and O–H groups in total. The van der Waals surface area contributed by atoms with Crippen LogP contribution in [0, 0.1) is 0 Å². The number of hydrogen-bond donors (Lipinski definition) is 0. The van der Waals surface area contributed by atoms with Gasteiger partial charge in [0.25, 0.3) is 0 Å². The van der Waals surface area contributed by atoms with Gasteiger partial charge in [0.15, 0.2) is 5.58 Å². The van der Waals surface area contributed by atoms with E-state index in [1.54, 1.807) is 0 Å².